The van der Waals surface area contributed by atoms with Crippen molar-refractivity contribution >= 4 is 34.2 Å². The van der Waals surface area contributed by atoms with Crippen molar-refractivity contribution < 1.29 is 22.5 Å². The van der Waals surface area contributed by atoms with Crippen molar-refractivity contribution in [1.82, 2.24) is 10.1 Å². The highest BCUT2D eigenvalue weighted by molar-refractivity contribution is 14.1. The number of halogens is 4. The first-order valence-corrected chi connectivity index (χ1v) is 10.0. The maximum absolute atomic E-state index is 13.2. The molecule has 0 bridgehead atoms. The molecular weight excluding hydrogens is 498 g/mol. The average molecular weight is 513 g/mol. The number of aromatic nitrogens is 2. The number of hydrogen-bond acceptors (Lipinski definition) is 4. The van der Waals surface area contributed by atoms with Crippen LogP contribution in [-0.2, 0) is 6.18 Å². The molecule has 0 radical (unpaired) electrons. The normalized spacial score (nSPS) is 14.5. The summed E-state index contributed by atoms with van der Waals surface area (Å²) in [6, 6.07) is 14.0. The predicted molar refractivity (Wildman–Crippen MR) is 108 cm³/mol. The zero-order chi connectivity index (χ0) is 20.6. The third-order valence-electron chi connectivity index (χ3n) is 4.83. The lowest BCUT2D eigenvalue weighted by atomic mass is 9.90. The second-order valence-electron chi connectivity index (χ2n) is 6.71. The zero-order valence-electron chi connectivity index (χ0n) is 15.0. The molecule has 0 saturated heterocycles. The zero-order valence-corrected chi connectivity index (χ0v) is 17.1. The third-order valence-corrected chi connectivity index (χ3v) is 5.74. The number of anilines is 1. The molecule has 1 aliphatic carbocycles. The van der Waals surface area contributed by atoms with Crippen LogP contribution in [0.4, 0.5) is 18.9 Å². The first-order chi connectivity index (χ1) is 13.8. The van der Waals surface area contributed by atoms with E-state index in [1.807, 2.05) is 29.2 Å². The third kappa shape index (κ3) is 4.00. The van der Waals surface area contributed by atoms with Gasteiger partial charge in [0.25, 0.3) is 5.91 Å². The minimum atomic E-state index is -4.70. The second-order valence-corrected chi connectivity index (χ2v) is 7.87. The van der Waals surface area contributed by atoms with Crippen molar-refractivity contribution in [3.05, 3.63) is 63.6 Å². The number of carbonyl (C=O) groups is 1. The molecule has 2 aromatic carbocycles. The molecule has 0 N–H and O–H groups in total. The van der Waals surface area contributed by atoms with Crippen molar-refractivity contribution in [2.45, 2.75) is 31.5 Å². The minimum absolute atomic E-state index is 0.143. The van der Waals surface area contributed by atoms with E-state index in [0.717, 1.165) is 28.5 Å². The molecule has 0 spiro atoms. The van der Waals surface area contributed by atoms with Gasteiger partial charge in [-0.1, -0.05) is 29.4 Å². The summed E-state index contributed by atoms with van der Waals surface area (Å²) in [5, 5.41) is 3.37. The summed E-state index contributed by atoms with van der Waals surface area (Å²) in [6.07, 6.45) is -1.73. The van der Waals surface area contributed by atoms with Crippen LogP contribution >= 0.6 is 22.6 Å². The van der Waals surface area contributed by atoms with Gasteiger partial charge in [-0.2, -0.15) is 18.2 Å². The van der Waals surface area contributed by atoms with Crippen LogP contribution in [0.15, 0.2) is 53.1 Å². The van der Waals surface area contributed by atoms with Gasteiger partial charge in [0, 0.05) is 20.7 Å². The maximum Gasteiger partial charge on any atom is 0.471 e. The summed E-state index contributed by atoms with van der Waals surface area (Å²) >= 11 is 2.21. The molecule has 5 nitrogen and oxygen atoms in total. The van der Waals surface area contributed by atoms with Crippen LogP contribution in [0.2, 0.25) is 0 Å². The molecule has 9 heteroatoms. The van der Waals surface area contributed by atoms with Gasteiger partial charge in [0.1, 0.15) is 0 Å². The Morgan fingerprint density at radius 3 is 2.34 bits per heavy atom. The van der Waals surface area contributed by atoms with E-state index in [1.165, 1.54) is 12.1 Å². The number of amides is 1. The molecule has 1 amide bonds. The molecule has 1 aliphatic rings. The lowest BCUT2D eigenvalue weighted by molar-refractivity contribution is -0.159. The molecule has 0 aliphatic heterocycles. The van der Waals surface area contributed by atoms with Crippen molar-refractivity contribution in [2.75, 3.05) is 4.90 Å². The summed E-state index contributed by atoms with van der Waals surface area (Å²) in [6.45, 7) is 0. The Morgan fingerprint density at radius 1 is 1.10 bits per heavy atom. The monoisotopic (exact) mass is 513 g/mol. The van der Waals surface area contributed by atoms with E-state index >= 15 is 0 Å². The number of carbonyl (C=O) groups excluding carboxylic acids is 1. The summed E-state index contributed by atoms with van der Waals surface area (Å²) in [5.41, 5.74) is 1.64. The van der Waals surface area contributed by atoms with Gasteiger partial charge in [-0.05, 0) is 66.1 Å². The quantitative estimate of drug-likeness (QED) is 0.429. The van der Waals surface area contributed by atoms with E-state index in [1.54, 1.807) is 12.1 Å². The highest BCUT2D eigenvalue weighted by atomic mass is 127. The SMILES string of the molecule is O=C(c1ccc(-c2noc(C(F)(F)F)n2)cc1)N(c1ccccc1I)C1CCC1. The van der Waals surface area contributed by atoms with E-state index in [2.05, 4.69) is 37.3 Å². The van der Waals surface area contributed by atoms with Crippen LogP contribution in [0.3, 0.4) is 0 Å². The van der Waals surface area contributed by atoms with Gasteiger partial charge in [0.15, 0.2) is 0 Å². The Kier molecular flexibility index (Phi) is 5.32. The van der Waals surface area contributed by atoms with Crippen LogP contribution in [0.25, 0.3) is 11.4 Å². The topological polar surface area (TPSA) is 59.2 Å². The molecule has 1 heterocycles. The van der Waals surface area contributed by atoms with Crippen molar-refractivity contribution in [3.8, 4) is 11.4 Å². The van der Waals surface area contributed by atoms with Crippen LogP contribution in [0.5, 0.6) is 0 Å². The lowest BCUT2D eigenvalue weighted by Gasteiger charge is -2.38. The summed E-state index contributed by atoms with van der Waals surface area (Å²) < 4.78 is 43.2. The fourth-order valence-corrected chi connectivity index (χ4v) is 3.77. The van der Waals surface area contributed by atoms with Gasteiger partial charge < -0.3 is 9.42 Å². The summed E-state index contributed by atoms with van der Waals surface area (Å²) in [4.78, 5) is 18.4. The Balaban J connectivity index is 1.61. The number of rotatable bonds is 4. The van der Waals surface area contributed by atoms with Crippen molar-refractivity contribution in [2.24, 2.45) is 0 Å². The molecule has 3 aromatic rings. The number of para-hydroxylation sites is 1. The number of benzene rings is 2. The standard InChI is InChI=1S/C20H15F3IN3O2/c21-20(22,23)19-25-17(26-29-19)12-8-10-13(11-9-12)18(28)27(14-4-3-5-14)16-7-2-1-6-15(16)24/h1-2,6-11,14H,3-5H2. The molecule has 4 rings (SSSR count). The Hall–Kier alpha value is -2.43. The van der Waals surface area contributed by atoms with Crippen LogP contribution in [0.1, 0.15) is 35.5 Å². The van der Waals surface area contributed by atoms with Gasteiger partial charge in [0.05, 0.1) is 5.69 Å². The van der Waals surface area contributed by atoms with Crippen LogP contribution in [-0.4, -0.2) is 22.1 Å². The van der Waals surface area contributed by atoms with Crippen molar-refractivity contribution in [3.63, 3.8) is 0 Å². The van der Waals surface area contributed by atoms with E-state index in [-0.39, 0.29) is 17.8 Å². The first-order valence-electron chi connectivity index (χ1n) is 8.94. The highest BCUT2D eigenvalue weighted by Crippen LogP contribution is 2.34. The van der Waals surface area contributed by atoms with E-state index in [0.29, 0.717) is 11.1 Å². The van der Waals surface area contributed by atoms with Gasteiger partial charge in [-0.15, -0.1) is 0 Å². The molecule has 1 aromatic heterocycles. The van der Waals surface area contributed by atoms with Gasteiger partial charge in [-0.25, -0.2) is 0 Å². The van der Waals surface area contributed by atoms with Crippen LogP contribution < -0.4 is 4.90 Å². The maximum atomic E-state index is 13.2. The lowest BCUT2D eigenvalue weighted by Crippen LogP contribution is -2.44. The number of alkyl halides is 3. The fraction of sp³-hybridized carbons (Fsp3) is 0.250. The first kappa shape index (κ1) is 19.9. The molecule has 0 unspecified atom stereocenters. The molecule has 1 fully saturated rings. The average Bonchev–Trinajstić information content (AvgIpc) is 3.16. The molecule has 29 heavy (non-hydrogen) atoms. The molecule has 150 valence electrons. The fourth-order valence-electron chi connectivity index (χ4n) is 3.12. The van der Waals surface area contributed by atoms with Crippen LogP contribution in [0, 0.1) is 3.57 Å². The summed E-state index contributed by atoms with van der Waals surface area (Å²) in [5.74, 6) is -1.72. The number of hydrogen-bond donors (Lipinski definition) is 0. The van der Waals surface area contributed by atoms with Gasteiger partial charge in [-0.3, -0.25) is 4.79 Å². The Bertz CT molecular complexity index is 1030. The smallest absolute Gasteiger partial charge is 0.329 e. The van der Waals surface area contributed by atoms with Gasteiger partial charge >= 0.3 is 12.1 Å². The van der Waals surface area contributed by atoms with E-state index in [9.17, 15) is 18.0 Å². The van der Waals surface area contributed by atoms with Crippen molar-refractivity contribution in [1.29, 1.82) is 0 Å². The minimum Gasteiger partial charge on any atom is -0.329 e. The Morgan fingerprint density at radius 2 is 1.79 bits per heavy atom. The van der Waals surface area contributed by atoms with E-state index < -0.39 is 12.1 Å². The molecule has 0 atom stereocenters. The molecular formula is C20H15F3IN3O2. The highest BCUT2D eigenvalue weighted by Gasteiger charge is 2.38. The van der Waals surface area contributed by atoms with Gasteiger partial charge in [0.2, 0.25) is 5.82 Å². The van der Waals surface area contributed by atoms with E-state index in [4.69, 9.17) is 0 Å². The Labute approximate surface area is 178 Å². The second kappa shape index (κ2) is 7.77. The molecule has 1 saturated carbocycles. The predicted octanol–water partition coefficient (Wildman–Crippen LogP) is 5.56. The number of nitrogens with zero attached hydrogens (tertiary/aromatic N) is 3. The largest absolute Gasteiger partial charge is 0.471 e. The summed E-state index contributed by atoms with van der Waals surface area (Å²) in [7, 11) is 0.